The lowest BCUT2D eigenvalue weighted by atomic mass is 9.85. The number of benzene rings is 2. The van der Waals surface area contributed by atoms with Gasteiger partial charge in [-0.1, -0.05) is 25.1 Å². The van der Waals surface area contributed by atoms with E-state index >= 15 is 0 Å². The summed E-state index contributed by atoms with van der Waals surface area (Å²) in [5.74, 6) is -0.232. The third-order valence-corrected chi connectivity index (χ3v) is 5.56. The molecule has 0 aromatic heterocycles. The standard InChI is InChI=1S/C23H28F2N2O/c1-2-23(28)27(21-5-3-4-20(25)16-21)22(18-12-14-26-15-13-18)11-8-17-6-9-19(24)10-7-17/h3-7,9-10,16,18,22,26H,2,8,11-15H2,1H3. The second kappa shape index (κ2) is 9.78. The zero-order valence-corrected chi connectivity index (χ0v) is 16.3. The highest BCUT2D eigenvalue weighted by Gasteiger charge is 2.32. The van der Waals surface area contributed by atoms with E-state index in [0.29, 0.717) is 18.0 Å². The predicted molar refractivity (Wildman–Crippen MR) is 108 cm³/mol. The van der Waals surface area contributed by atoms with Gasteiger partial charge >= 0.3 is 0 Å². The van der Waals surface area contributed by atoms with E-state index in [1.807, 2.05) is 17.9 Å². The van der Waals surface area contributed by atoms with E-state index in [9.17, 15) is 13.6 Å². The maximum absolute atomic E-state index is 13.9. The number of carbonyl (C=O) groups is 1. The number of nitrogens with zero attached hydrogens (tertiary/aromatic N) is 1. The normalized spacial score (nSPS) is 16.0. The van der Waals surface area contributed by atoms with Gasteiger partial charge in [-0.05, 0) is 80.6 Å². The van der Waals surface area contributed by atoms with Gasteiger partial charge in [0.15, 0.2) is 0 Å². The maximum Gasteiger partial charge on any atom is 0.226 e. The van der Waals surface area contributed by atoms with Gasteiger partial charge in [0.05, 0.1) is 0 Å². The van der Waals surface area contributed by atoms with Crippen molar-refractivity contribution < 1.29 is 13.6 Å². The Morgan fingerprint density at radius 1 is 1.11 bits per heavy atom. The average molecular weight is 386 g/mol. The molecule has 1 N–H and O–H groups in total. The number of hydrogen-bond donors (Lipinski definition) is 1. The first-order valence-electron chi connectivity index (χ1n) is 10.1. The Morgan fingerprint density at radius 2 is 1.82 bits per heavy atom. The molecule has 0 aliphatic carbocycles. The Balaban J connectivity index is 1.89. The van der Waals surface area contributed by atoms with Gasteiger partial charge in [0, 0.05) is 18.2 Å². The highest BCUT2D eigenvalue weighted by molar-refractivity contribution is 5.93. The van der Waals surface area contributed by atoms with Crippen LogP contribution in [0, 0.1) is 17.6 Å². The SMILES string of the molecule is CCC(=O)N(c1cccc(F)c1)C(CCc1ccc(F)cc1)C1CCNCC1. The molecular weight excluding hydrogens is 358 g/mol. The lowest BCUT2D eigenvalue weighted by molar-refractivity contribution is -0.119. The molecule has 1 atom stereocenters. The fourth-order valence-electron chi connectivity index (χ4n) is 4.09. The molecule has 1 saturated heterocycles. The van der Waals surface area contributed by atoms with Crippen LogP contribution in [0.3, 0.4) is 0 Å². The molecule has 1 heterocycles. The quantitative estimate of drug-likeness (QED) is 0.747. The number of hydrogen-bond acceptors (Lipinski definition) is 2. The van der Waals surface area contributed by atoms with Gasteiger partial charge < -0.3 is 10.2 Å². The summed E-state index contributed by atoms with van der Waals surface area (Å²) in [6.07, 6.45) is 3.85. The minimum Gasteiger partial charge on any atom is -0.317 e. The molecule has 150 valence electrons. The number of anilines is 1. The molecule has 1 unspecified atom stereocenters. The van der Waals surface area contributed by atoms with Crippen LogP contribution in [-0.4, -0.2) is 25.0 Å². The van der Waals surface area contributed by atoms with Crippen molar-refractivity contribution in [2.45, 2.75) is 45.1 Å². The molecular formula is C23H28F2N2O. The summed E-state index contributed by atoms with van der Waals surface area (Å²) in [6.45, 7) is 3.69. The summed E-state index contributed by atoms with van der Waals surface area (Å²) in [7, 11) is 0. The number of halogens is 2. The van der Waals surface area contributed by atoms with Crippen molar-refractivity contribution in [3.63, 3.8) is 0 Å². The van der Waals surface area contributed by atoms with Crippen LogP contribution in [0.15, 0.2) is 48.5 Å². The highest BCUT2D eigenvalue weighted by atomic mass is 19.1. The van der Waals surface area contributed by atoms with Crippen LogP contribution < -0.4 is 10.2 Å². The Kier molecular flexibility index (Phi) is 7.15. The molecule has 0 saturated carbocycles. The van der Waals surface area contributed by atoms with Crippen LogP contribution in [0.4, 0.5) is 14.5 Å². The van der Waals surface area contributed by atoms with Gasteiger partial charge in [-0.2, -0.15) is 0 Å². The smallest absolute Gasteiger partial charge is 0.226 e. The predicted octanol–water partition coefficient (Wildman–Crippen LogP) is 4.71. The van der Waals surface area contributed by atoms with Crippen LogP contribution >= 0.6 is 0 Å². The van der Waals surface area contributed by atoms with Gasteiger partial charge in [-0.25, -0.2) is 8.78 Å². The number of piperidine rings is 1. The van der Waals surface area contributed by atoms with Crippen molar-refractivity contribution in [2.75, 3.05) is 18.0 Å². The van der Waals surface area contributed by atoms with Crippen molar-refractivity contribution in [3.8, 4) is 0 Å². The number of aryl methyl sites for hydroxylation is 1. The molecule has 1 amide bonds. The lowest BCUT2D eigenvalue weighted by Crippen LogP contribution is -2.48. The van der Waals surface area contributed by atoms with Gasteiger partial charge in [0.2, 0.25) is 5.91 Å². The number of carbonyl (C=O) groups excluding carboxylic acids is 1. The summed E-state index contributed by atoms with van der Waals surface area (Å²) in [4.78, 5) is 14.7. The third kappa shape index (κ3) is 5.16. The average Bonchev–Trinajstić information content (AvgIpc) is 2.72. The van der Waals surface area contributed by atoms with Gasteiger partial charge in [0.1, 0.15) is 11.6 Å². The molecule has 3 rings (SSSR count). The van der Waals surface area contributed by atoms with E-state index in [-0.39, 0.29) is 23.6 Å². The van der Waals surface area contributed by atoms with Crippen LogP contribution in [0.25, 0.3) is 0 Å². The minimum absolute atomic E-state index is 0.00763. The molecule has 28 heavy (non-hydrogen) atoms. The summed E-state index contributed by atoms with van der Waals surface area (Å²) in [5, 5.41) is 3.38. The van der Waals surface area contributed by atoms with Crippen molar-refractivity contribution in [1.82, 2.24) is 5.32 Å². The van der Waals surface area contributed by atoms with Crippen LogP contribution in [-0.2, 0) is 11.2 Å². The Hall–Kier alpha value is -2.27. The zero-order valence-electron chi connectivity index (χ0n) is 16.3. The monoisotopic (exact) mass is 386 g/mol. The summed E-state index contributed by atoms with van der Waals surface area (Å²) >= 11 is 0. The van der Waals surface area contributed by atoms with Crippen LogP contribution in [0.1, 0.15) is 38.2 Å². The first-order chi connectivity index (χ1) is 13.6. The second-order valence-electron chi connectivity index (χ2n) is 7.42. The van der Waals surface area contributed by atoms with Gasteiger partial charge in [0.25, 0.3) is 0 Å². The zero-order chi connectivity index (χ0) is 19.9. The molecule has 5 heteroatoms. The Labute approximate surface area is 165 Å². The van der Waals surface area contributed by atoms with E-state index in [1.54, 1.807) is 18.2 Å². The molecule has 2 aromatic carbocycles. The van der Waals surface area contributed by atoms with Crippen molar-refractivity contribution in [1.29, 1.82) is 0 Å². The van der Waals surface area contributed by atoms with E-state index in [2.05, 4.69) is 5.32 Å². The molecule has 3 nitrogen and oxygen atoms in total. The third-order valence-electron chi connectivity index (χ3n) is 5.56. The molecule has 1 aliphatic heterocycles. The maximum atomic E-state index is 13.9. The van der Waals surface area contributed by atoms with E-state index in [4.69, 9.17) is 0 Å². The Morgan fingerprint density at radius 3 is 2.46 bits per heavy atom. The fourth-order valence-corrected chi connectivity index (χ4v) is 4.09. The molecule has 0 spiro atoms. The van der Waals surface area contributed by atoms with E-state index in [0.717, 1.165) is 44.3 Å². The largest absolute Gasteiger partial charge is 0.317 e. The van der Waals surface area contributed by atoms with Crippen molar-refractivity contribution in [3.05, 3.63) is 65.7 Å². The van der Waals surface area contributed by atoms with Crippen LogP contribution in [0.2, 0.25) is 0 Å². The first kappa shape index (κ1) is 20.5. The Bertz CT molecular complexity index is 772. The van der Waals surface area contributed by atoms with Gasteiger partial charge in [-0.15, -0.1) is 0 Å². The first-order valence-corrected chi connectivity index (χ1v) is 10.1. The topological polar surface area (TPSA) is 32.3 Å². The van der Waals surface area contributed by atoms with Gasteiger partial charge in [-0.3, -0.25) is 4.79 Å². The molecule has 2 aromatic rings. The van der Waals surface area contributed by atoms with E-state index in [1.165, 1.54) is 24.3 Å². The van der Waals surface area contributed by atoms with Crippen molar-refractivity contribution in [2.24, 2.45) is 5.92 Å². The molecule has 1 aliphatic rings. The number of rotatable bonds is 7. The summed E-state index contributed by atoms with van der Waals surface area (Å²) < 4.78 is 27.1. The molecule has 1 fully saturated rings. The highest BCUT2D eigenvalue weighted by Crippen LogP contribution is 2.30. The number of nitrogens with one attached hydrogen (secondary N) is 1. The number of amides is 1. The molecule has 0 radical (unpaired) electrons. The second-order valence-corrected chi connectivity index (χ2v) is 7.42. The lowest BCUT2D eigenvalue weighted by Gasteiger charge is -2.39. The van der Waals surface area contributed by atoms with E-state index < -0.39 is 0 Å². The van der Waals surface area contributed by atoms with Crippen molar-refractivity contribution >= 4 is 11.6 Å². The summed E-state index contributed by atoms with van der Waals surface area (Å²) in [6, 6.07) is 12.8. The molecule has 0 bridgehead atoms. The summed E-state index contributed by atoms with van der Waals surface area (Å²) in [5.41, 5.74) is 1.66. The van der Waals surface area contributed by atoms with Crippen LogP contribution in [0.5, 0.6) is 0 Å². The minimum atomic E-state index is -0.339. The fraction of sp³-hybridized carbons (Fsp3) is 0.435.